The van der Waals surface area contributed by atoms with Crippen LogP contribution in [0.1, 0.15) is 17.9 Å². The maximum atomic E-state index is 10.8. The minimum absolute atomic E-state index is 0.0430. The molecule has 1 N–H and O–H groups in total. The van der Waals surface area contributed by atoms with Crippen molar-refractivity contribution in [2.24, 2.45) is 0 Å². The topological polar surface area (TPSA) is 46.5 Å². The Labute approximate surface area is 82.3 Å². The van der Waals surface area contributed by atoms with Gasteiger partial charge >= 0.3 is 0 Å². The summed E-state index contributed by atoms with van der Waals surface area (Å²) in [4.78, 5) is 10.8. The number of hydrogen-bond donors (Lipinski definition) is 1. The summed E-state index contributed by atoms with van der Waals surface area (Å²) in [5, 5.41) is 8.99. The zero-order chi connectivity index (χ0) is 9.97. The minimum Gasteiger partial charge on any atom is -0.488 e. The van der Waals surface area contributed by atoms with E-state index < -0.39 is 0 Å². The predicted molar refractivity (Wildman–Crippen MR) is 51.4 cm³/mol. The molecule has 2 atom stereocenters. The monoisotopic (exact) mass is 192 g/mol. The molecule has 1 heterocycles. The average molecular weight is 192 g/mol. The van der Waals surface area contributed by atoms with Crippen LogP contribution >= 0.6 is 0 Å². The van der Waals surface area contributed by atoms with Gasteiger partial charge in [-0.05, 0) is 6.07 Å². The Morgan fingerprint density at radius 3 is 3.00 bits per heavy atom. The standard InChI is InChI=1S/C11H12O3/c12-6-8-5-9(7-13)14-11-4-2-1-3-10(8)11/h1-4,6,8-9,13H,5,7H2. The molecule has 0 bridgehead atoms. The van der Waals surface area contributed by atoms with Crippen LogP contribution in [0.2, 0.25) is 0 Å². The third-order valence-corrected chi connectivity index (χ3v) is 2.50. The summed E-state index contributed by atoms with van der Waals surface area (Å²) in [6.07, 6.45) is 1.24. The van der Waals surface area contributed by atoms with Gasteiger partial charge in [0.15, 0.2) is 0 Å². The smallest absolute Gasteiger partial charge is 0.127 e. The quantitative estimate of drug-likeness (QED) is 0.714. The van der Waals surface area contributed by atoms with Crippen LogP contribution < -0.4 is 4.74 Å². The normalized spacial score (nSPS) is 24.9. The van der Waals surface area contributed by atoms with Gasteiger partial charge in [0.1, 0.15) is 18.1 Å². The zero-order valence-corrected chi connectivity index (χ0v) is 7.72. The summed E-state index contributed by atoms with van der Waals surface area (Å²) in [5.74, 6) is 0.576. The Bertz CT molecular complexity index is 335. The largest absolute Gasteiger partial charge is 0.488 e. The van der Waals surface area contributed by atoms with Crippen LogP contribution in [0.4, 0.5) is 0 Å². The van der Waals surface area contributed by atoms with Gasteiger partial charge in [0.25, 0.3) is 0 Å². The molecule has 0 saturated carbocycles. The number of carbonyl (C=O) groups is 1. The van der Waals surface area contributed by atoms with Crippen molar-refractivity contribution in [3.05, 3.63) is 29.8 Å². The van der Waals surface area contributed by atoms with E-state index in [9.17, 15) is 4.79 Å². The van der Waals surface area contributed by atoms with Crippen LogP contribution in [-0.2, 0) is 4.79 Å². The van der Waals surface area contributed by atoms with E-state index in [0.717, 1.165) is 17.6 Å². The lowest BCUT2D eigenvalue weighted by molar-refractivity contribution is -0.110. The summed E-state index contributed by atoms with van der Waals surface area (Å²) in [6, 6.07) is 7.47. The van der Waals surface area contributed by atoms with E-state index in [-0.39, 0.29) is 18.6 Å². The third kappa shape index (κ3) is 1.51. The first-order chi connectivity index (χ1) is 6.85. The first-order valence-electron chi connectivity index (χ1n) is 4.67. The molecule has 1 aliphatic rings. The van der Waals surface area contributed by atoms with Gasteiger partial charge in [0.05, 0.1) is 6.61 Å². The molecule has 0 saturated heterocycles. The van der Waals surface area contributed by atoms with Crippen molar-refractivity contribution in [2.75, 3.05) is 6.61 Å². The Morgan fingerprint density at radius 1 is 1.50 bits per heavy atom. The van der Waals surface area contributed by atoms with Gasteiger partial charge in [-0.1, -0.05) is 18.2 Å². The summed E-state index contributed by atoms with van der Waals surface area (Å²) in [5.41, 5.74) is 0.923. The fourth-order valence-corrected chi connectivity index (χ4v) is 1.77. The molecule has 3 heteroatoms. The van der Waals surface area contributed by atoms with Gasteiger partial charge in [-0.3, -0.25) is 0 Å². The molecule has 0 aromatic heterocycles. The maximum Gasteiger partial charge on any atom is 0.127 e. The van der Waals surface area contributed by atoms with Crippen molar-refractivity contribution >= 4 is 6.29 Å². The fourth-order valence-electron chi connectivity index (χ4n) is 1.77. The number of fused-ring (bicyclic) bond motifs is 1. The molecule has 0 radical (unpaired) electrons. The van der Waals surface area contributed by atoms with Crippen molar-refractivity contribution < 1.29 is 14.6 Å². The number of hydrogen-bond acceptors (Lipinski definition) is 3. The van der Waals surface area contributed by atoms with Crippen LogP contribution in [0.15, 0.2) is 24.3 Å². The summed E-state index contributed by atoms with van der Waals surface area (Å²) < 4.78 is 5.50. The van der Waals surface area contributed by atoms with E-state index in [1.165, 1.54) is 0 Å². The van der Waals surface area contributed by atoms with E-state index in [4.69, 9.17) is 9.84 Å². The van der Waals surface area contributed by atoms with Crippen LogP contribution in [0.5, 0.6) is 5.75 Å². The third-order valence-electron chi connectivity index (χ3n) is 2.50. The van der Waals surface area contributed by atoms with Crippen molar-refractivity contribution in [1.29, 1.82) is 0 Å². The van der Waals surface area contributed by atoms with Gasteiger partial charge in [-0.15, -0.1) is 0 Å². The van der Waals surface area contributed by atoms with Crippen LogP contribution in [-0.4, -0.2) is 24.1 Å². The van der Waals surface area contributed by atoms with Gasteiger partial charge in [-0.2, -0.15) is 0 Å². The Balaban J connectivity index is 2.35. The summed E-state index contributed by atoms with van der Waals surface area (Å²) in [6.45, 7) is -0.0430. The lowest BCUT2D eigenvalue weighted by atomic mass is 9.91. The summed E-state index contributed by atoms with van der Waals surface area (Å²) in [7, 11) is 0. The molecule has 0 aliphatic carbocycles. The number of aliphatic hydroxyl groups is 1. The molecule has 0 spiro atoms. The highest BCUT2D eigenvalue weighted by Crippen LogP contribution is 2.34. The first-order valence-corrected chi connectivity index (χ1v) is 4.67. The van der Waals surface area contributed by atoms with E-state index in [0.29, 0.717) is 6.42 Å². The van der Waals surface area contributed by atoms with Crippen molar-refractivity contribution in [3.8, 4) is 5.75 Å². The second-order valence-electron chi connectivity index (χ2n) is 3.44. The number of benzene rings is 1. The number of aldehydes is 1. The number of rotatable bonds is 2. The van der Waals surface area contributed by atoms with Crippen LogP contribution in [0, 0.1) is 0 Å². The Kier molecular flexibility index (Phi) is 2.50. The van der Waals surface area contributed by atoms with Gasteiger partial charge in [0, 0.05) is 17.9 Å². The summed E-state index contributed by atoms with van der Waals surface area (Å²) >= 11 is 0. The molecule has 14 heavy (non-hydrogen) atoms. The molecule has 1 aromatic rings. The Hall–Kier alpha value is -1.35. The molecule has 3 nitrogen and oxygen atoms in total. The highest BCUT2D eigenvalue weighted by molar-refractivity contribution is 5.65. The molecule has 2 rings (SSSR count). The second-order valence-corrected chi connectivity index (χ2v) is 3.44. The molecule has 0 fully saturated rings. The minimum atomic E-state index is -0.250. The maximum absolute atomic E-state index is 10.8. The Morgan fingerprint density at radius 2 is 2.29 bits per heavy atom. The number of ether oxygens (including phenoxy) is 1. The number of para-hydroxylation sites is 1. The first kappa shape index (κ1) is 9.21. The van der Waals surface area contributed by atoms with Crippen molar-refractivity contribution in [3.63, 3.8) is 0 Å². The van der Waals surface area contributed by atoms with Gasteiger partial charge in [0.2, 0.25) is 0 Å². The molecular formula is C11H12O3. The highest BCUT2D eigenvalue weighted by atomic mass is 16.5. The predicted octanol–water partition coefficient (Wildman–Crippen LogP) is 1.11. The van der Waals surface area contributed by atoms with Crippen molar-refractivity contribution in [2.45, 2.75) is 18.4 Å². The average Bonchev–Trinajstić information content (AvgIpc) is 2.27. The fraction of sp³-hybridized carbons (Fsp3) is 0.364. The lowest BCUT2D eigenvalue weighted by Gasteiger charge is -2.28. The molecule has 1 aromatic carbocycles. The lowest BCUT2D eigenvalue weighted by Crippen LogP contribution is -2.29. The van der Waals surface area contributed by atoms with E-state index in [1.54, 1.807) is 0 Å². The van der Waals surface area contributed by atoms with Crippen LogP contribution in [0.3, 0.4) is 0 Å². The van der Waals surface area contributed by atoms with Crippen LogP contribution in [0.25, 0.3) is 0 Å². The second kappa shape index (κ2) is 3.80. The molecule has 74 valence electrons. The molecular weight excluding hydrogens is 180 g/mol. The van der Waals surface area contributed by atoms with E-state index in [2.05, 4.69) is 0 Å². The van der Waals surface area contributed by atoms with Crippen molar-refractivity contribution in [1.82, 2.24) is 0 Å². The van der Waals surface area contributed by atoms with Gasteiger partial charge < -0.3 is 14.6 Å². The number of carbonyl (C=O) groups excluding carboxylic acids is 1. The van der Waals surface area contributed by atoms with Gasteiger partial charge in [-0.25, -0.2) is 0 Å². The molecule has 1 aliphatic heterocycles. The zero-order valence-electron chi connectivity index (χ0n) is 7.72. The number of aliphatic hydroxyl groups excluding tert-OH is 1. The molecule has 0 amide bonds. The van der Waals surface area contributed by atoms with E-state index >= 15 is 0 Å². The molecule has 2 unspecified atom stereocenters. The SMILES string of the molecule is O=CC1CC(CO)Oc2ccccc21. The highest BCUT2D eigenvalue weighted by Gasteiger charge is 2.26. The van der Waals surface area contributed by atoms with E-state index in [1.807, 2.05) is 24.3 Å².